The summed E-state index contributed by atoms with van der Waals surface area (Å²) in [5, 5.41) is 0. The van der Waals surface area contributed by atoms with E-state index in [2.05, 4.69) is 0 Å². The van der Waals surface area contributed by atoms with Crippen LogP contribution in [0.3, 0.4) is 0 Å². The van der Waals surface area contributed by atoms with Gasteiger partial charge in [-0.2, -0.15) is 8.42 Å². The summed E-state index contributed by atoms with van der Waals surface area (Å²) in [6, 6.07) is 16.0. The first-order valence-corrected chi connectivity index (χ1v) is 9.71. The Labute approximate surface area is 153 Å². The summed E-state index contributed by atoms with van der Waals surface area (Å²) in [7, 11) is -3.85. The van der Waals surface area contributed by atoms with Gasteiger partial charge in [-0.15, -0.1) is 0 Å². The maximum atomic E-state index is 12.2. The molecule has 5 nitrogen and oxygen atoms in total. The molecule has 0 aliphatic rings. The smallest absolute Gasteiger partial charge is 0.297 e. The van der Waals surface area contributed by atoms with Crippen molar-refractivity contribution in [3.63, 3.8) is 0 Å². The molecular weight excluding hydrogens is 364 g/mol. The lowest BCUT2D eigenvalue weighted by atomic mass is 10.2. The van der Waals surface area contributed by atoms with E-state index in [1.165, 1.54) is 12.1 Å². The van der Waals surface area contributed by atoms with E-state index in [-0.39, 0.29) is 24.2 Å². The fourth-order valence-electron chi connectivity index (χ4n) is 2.05. The van der Waals surface area contributed by atoms with Gasteiger partial charge in [-0.25, -0.2) is 0 Å². The third kappa shape index (κ3) is 6.76. The molecule has 0 heterocycles. The van der Waals surface area contributed by atoms with Gasteiger partial charge in [0, 0.05) is 0 Å². The SMILES string of the molecule is Cc1ccc(S(=O)(=O)OCC(COCc2ccccc2)OCCl)cc1. The fraction of sp³-hybridized carbons (Fsp3) is 0.333. The molecule has 1 atom stereocenters. The lowest BCUT2D eigenvalue weighted by Gasteiger charge is -2.17. The molecule has 2 aromatic carbocycles. The molecule has 0 radical (unpaired) electrons. The zero-order valence-electron chi connectivity index (χ0n) is 13.9. The summed E-state index contributed by atoms with van der Waals surface area (Å²) in [5.74, 6) is 0. The number of benzene rings is 2. The number of aryl methyl sites for hydroxylation is 1. The van der Waals surface area contributed by atoms with E-state index in [4.69, 9.17) is 25.3 Å². The van der Waals surface area contributed by atoms with Crippen LogP contribution in [0.5, 0.6) is 0 Å². The first kappa shape index (κ1) is 19.9. The van der Waals surface area contributed by atoms with Gasteiger partial charge < -0.3 is 9.47 Å². The second-order valence-corrected chi connectivity index (χ2v) is 7.28. The van der Waals surface area contributed by atoms with Crippen LogP contribution in [0, 0.1) is 6.92 Å². The molecule has 136 valence electrons. The van der Waals surface area contributed by atoms with Crippen LogP contribution in [0.1, 0.15) is 11.1 Å². The second kappa shape index (κ2) is 9.89. The van der Waals surface area contributed by atoms with Gasteiger partial charge in [-0.1, -0.05) is 59.6 Å². The van der Waals surface area contributed by atoms with Crippen molar-refractivity contribution in [2.24, 2.45) is 0 Å². The van der Waals surface area contributed by atoms with Crippen LogP contribution >= 0.6 is 11.6 Å². The number of ether oxygens (including phenoxy) is 2. The minimum atomic E-state index is -3.85. The van der Waals surface area contributed by atoms with Gasteiger partial charge in [-0.05, 0) is 24.6 Å². The van der Waals surface area contributed by atoms with E-state index in [9.17, 15) is 8.42 Å². The highest BCUT2D eigenvalue weighted by atomic mass is 35.5. The topological polar surface area (TPSA) is 61.8 Å². The van der Waals surface area contributed by atoms with Crippen molar-refractivity contribution in [1.82, 2.24) is 0 Å². The molecule has 25 heavy (non-hydrogen) atoms. The molecule has 0 aromatic heterocycles. The number of alkyl halides is 1. The lowest BCUT2D eigenvalue weighted by Crippen LogP contribution is -2.27. The van der Waals surface area contributed by atoms with Crippen LogP contribution in [0.25, 0.3) is 0 Å². The van der Waals surface area contributed by atoms with Crippen LogP contribution in [0.4, 0.5) is 0 Å². The van der Waals surface area contributed by atoms with Crippen LogP contribution in [0.2, 0.25) is 0 Å². The molecule has 2 aromatic rings. The van der Waals surface area contributed by atoms with E-state index < -0.39 is 16.2 Å². The Bertz CT molecular complexity index is 732. The van der Waals surface area contributed by atoms with Crippen LogP contribution in [-0.4, -0.2) is 33.8 Å². The zero-order chi connectivity index (χ0) is 18.1. The Kier molecular flexibility index (Phi) is 7.87. The van der Waals surface area contributed by atoms with E-state index in [1.54, 1.807) is 12.1 Å². The Hall–Kier alpha value is -1.44. The number of rotatable bonds is 10. The molecule has 0 N–H and O–H groups in total. The highest BCUT2D eigenvalue weighted by Gasteiger charge is 2.19. The molecule has 0 spiro atoms. The molecule has 0 aliphatic carbocycles. The summed E-state index contributed by atoms with van der Waals surface area (Å²) in [6.07, 6.45) is -0.582. The van der Waals surface area contributed by atoms with E-state index in [1.807, 2.05) is 37.3 Å². The fourth-order valence-corrected chi connectivity index (χ4v) is 3.17. The van der Waals surface area contributed by atoms with Crippen molar-refractivity contribution in [1.29, 1.82) is 0 Å². The Morgan fingerprint density at radius 3 is 2.32 bits per heavy atom. The second-order valence-electron chi connectivity index (χ2n) is 5.45. The van der Waals surface area contributed by atoms with Gasteiger partial charge in [0.2, 0.25) is 0 Å². The summed E-state index contributed by atoms with van der Waals surface area (Å²) >= 11 is 5.59. The monoisotopic (exact) mass is 384 g/mol. The third-order valence-corrected chi connectivity index (χ3v) is 4.85. The quantitative estimate of drug-likeness (QED) is 0.463. The van der Waals surface area contributed by atoms with Crippen LogP contribution in [-0.2, 0) is 30.4 Å². The molecule has 0 saturated carbocycles. The van der Waals surface area contributed by atoms with Gasteiger partial charge in [0.05, 0.1) is 24.7 Å². The Morgan fingerprint density at radius 2 is 1.68 bits per heavy atom. The number of hydrogen-bond donors (Lipinski definition) is 0. The maximum absolute atomic E-state index is 12.2. The molecule has 0 aliphatic heterocycles. The minimum absolute atomic E-state index is 0.0761. The van der Waals surface area contributed by atoms with Crippen LogP contribution < -0.4 is 0 Å². The molecule has 7 heteroatoms. The third-order valence-electron chi connectivity index (χ3n) is 3.43. The highest BCUT2D eigenvalue weighted by molar-refractivity contribution is 7.86. The maximum Gasteiger partial charge on any atom is 0.297 e. The molecule has 0 bridgehead atoms. The molecule has 2 rings (SSSR count). The van der Waals surface area contributed by atoms with Gasteiger partial charge in [0.25, 0.3) is 10.1 Å². The Morgan fingerprint density at radius 1 is 1.00 bits per heavy atom. The van der Waals surface area contributed by atoms with Gasteiger partial charge in [0.15, 0.2) is 0 Å². The predicted octanol–water partition coefficient (Wildman–Crippen LogP) is 3.50. The molecule has 0 amide bonds. The van der Waals surface area contributed by atoms with Crippen LogP contribution in [0.15, 0.2) is 59.5 Å². The van der Waals surface area contributed by atoms with Gasteiger partial charge in [-0.3, -0.25) is 4.18 Å². The van der Waals surface area contributed by atoms with Crippen molar-refractivity contribution >= 4 is 21.7 Å². The molecule has 0 fully saturated rings. The first-order chi connectivity index (χ1) is 12.0. The van der Waals surface area contributed by atoms with Gasteiger partial charge >= 0.3 is 0 Å². The molecule has 1 unspecified atom stereocenters. The summed E-state index contributed by atoms with van der Waals surface area (Å²) in [5.41, 5.74) is 1.98. The normalized spacial score (nSPS) is 12.9. The number of hydrogen-bond acceptors (Lipinski definition) is 5. The summed E-state index contributed by atoms with van der Waals surface area (Å²) < 4.78 is 40.3. The largest absolute Gasteiger partial charge is 0.374 e. The van der Waals surface area contributed by atoms with Crippen molar-refractivity contribution in [2.75, 3.05) is 19.3 Å². The average molecular weight is 385 g/mol. The standard InChI is InChI=1S/C18H21ClO5S/c1-15-7-9-18(10-8-15)25(20,21)24-13-17(23-14-19)12-22-11-16-5-3-2-4-6-16/h2-10,17H,11-14H2,1H3. The molecular formula is C18H21ClO5S. The average Bonchev–Trinajstić information content (AvgIpc) is 2.61. The Balaban J connectivity index is 1.86. The zero-order valence-corrected chi connectivity index (χ0v) is 15.5. The highest BCUT2D eigenvalue weighted by Crippen LogP contribution is 2.14. The minimum Gasteiger partial charge on any atom is -0.374 e. The predicted molar refractivity (Wildman–Crippen MR) is 96.0 cm³/mol. The van der Waals surface area contributed by atoms with Crippen molar-refractivity contribution < 1.29 is 22.1 Å². The first-order valence-electron chi connectivity index (χ1n) is 7.76. The van der Waals surface area contributed by atoms with Crippen molar-refractivity contribution in [3.8, 4) is 0 Å². The summed E-state index contributed by atoms with van der Waals surface area (Å²) in [6.45, 7) is 2.28. The van der Waals surface area contributed by atoms with E-state index >= 15 is 0 Å². The molecule has 0 saturated heterocycles. The van der Waals surface area contributed by atoms with E-state index in [0.29, 0.717) is 6.61 Å². The van der Waals surface area contributed by atoms with Crippen molar-refractivity contribution in [2.45, 2.75) is 24.5 Å². The summed E-state index contributed by atoms with van der Waals surface area (Å²) in [4.78, 5) is 0.105. The van der Waals surface area contributed by atoms with Gasteiger partial charge in [0.1, 0.15) is 12.2 Å². The number of halogens is 1. The lowest BCUT2D eigenvalue weighted by molar-refractivity contribution is -0.0253. The van der Waals surface area contributed by atoms with E-state index in [0.717, 1.165) is 11.1 Å². The van der Waals surface area contributed by atoms with Crippen molar-refractivity contribution in [3.05, 3.63) is 65.7 Å².